The van der Waals surface area contributed by atoms with Crippen molar-refractivity contribution >= 4 is 5.97 Å². The van der Waals surface area contributed by atoms with E-state index in [-0.39, 0.29) is 0 Å². The molecule has 1 radical (unpaired) electrons. The topological polar surface area (TPSA) is 50.1 Å². The average Bonchev–Trinajstić information content (AvgIpc) is 1.65. The Morgan fingerprint density at radius 1 is 1.86 bits per heavy atom. The lowest BCUT2D eigenvalue weighted by atomic mass is 10.4. The summed E-state index contributed by atoms with van der Waals surface area (Å²) in [7, 11) is 1.27. The van der Waals surface area contributed by atoms with Crippen LogP contribution in [0.3, 0.4) is 0 Å². The summed E-state index contributed by atoms with van der Waals surface area (Å²) in [6.07, 6.45) is 0. The summed E-state index contributed by atoms with van der Waals surface area (Å²) in [5, 5.41) is 0. The lowest BCUT2D eigenvalue weighted by Gasteiger charge is -1.97. The van der Waals surface area contributed by atoms with Crippen LogP contribution in [0.4, 0.5) is 0 Å². The van der Waals surface area contributed by atoms with Gasteiger partial charge >= 0.3 is 5.97 Å². The third-order valence-corrected chi connectivity index (χ3v) is 0.555. The maximum absolute atomic E-state index is 10.1. The Bertz CT molecular complexity index is 70.1. The van der Waals surface area contributed by atoms with E-state index in [2.05, 4.69) is 4.74 Å². The van der Waals surface area contributed by atoms with Gasteiger partial charge in [0.2, 0.25) is 0 Å². The SMILES string of the molecule is COC(=O)[C@H](C)[NH]. The van der Waals surface area contributed by atoms with Crippen molar-refractivity contribution in [3.05, 3.63) is 0 Å². The largest absolute Gasteiger partial charge is 0.468 e. The van der Waals surface area contributed by atoms with Gasteiger partial charge in [0.05, 0.1) is 7.11 Å². The van der Waals surface area contributed by atoms with Gasteiger partial charge in [-0.05, 0) is 6.92 Å². The van der Waals surface area contributed by atoms with E-state index in [1.54, 1.807) is 0 Å². The number of ether oxygens (including phenoxy) is 1. The van der Waals surface area contributed by atoms with Gasteiger partial charge in [0.15, 0.2) is 0 Å². The van der Waals surface area contributed by atoms with Crippen LogP contribution in [0.5, 0.6) is 0 Å². The molecule has 0 saturated carbocycles. The molecule has 3 nitrogen and oxygen atoms in total. The minimum Gasteiger partial charge on any atom is -0.468 e. The molecular weight excluding hydrogens is 94.0 g/mol. The first-order chi connectivity index (χ1) is 3.18. The molecule has 0 saturated heterocycles. The molecule has 0 unspecified atom stereocenters. The fourth-order valence-electron chi connectivity index (χ4n) is 0.177. The normalized spacial score (nSPS) is 13.0. The number of methoxy groups -OCH3 is 1. The summed E-state index contributed by atoms with van der Waals surface area (Å²) in [6, 6.07) is -0.745. The molecule has 41 valence electrons. The molecule has 1 atom stereocenters. The van der Waals surface area contributed by atoms with Crippen molar-refractivity contribution in [2.24, 2.45) is 0 Å². The van der Waals surface area contributed by atoms with E-state index >= 15 is 0 Å². The molecule has 1 N–H and O–H groups in total. The van der Waals surface area contributed by atoms with E-state index in [0.717, 1.165) is 0 Å². The first-order valence-corrected chi connectivity index (χ1v) is 1.97. The van der Waals surface area contributed by atoms with Crippen LogP contribution < -0.4 is 5.73 Å². The Morgan fingerprint density at radius 2 is 2.29 bits per heavy atom. The Hall–Kier alpha value is -0.570. The van der Waals surface area contributed by atoms with Crippen molar-refractivity contribution in [3.8, 4) is 0 Å². The van der Waals surface area contributed by atoms with Gasteiger partial charge in [0, 0.05) is 0 Å². The zero-order valence-electron chi connectivity index (χ0n) is 4.39. The molecule has 0 aromatic carbocycles. The lowest BCUT2D eigenvalue weighted by Crippen LogP contribution is -2.18. The van der Waals surface area contributed by atoms with E-state index in [4.69, 9.17) is 5.73 Å². The van der Waals surface area contributed by atoms with E-state index in [1.165, 1.54) is 14.0 Å². The van der Waals surface area contributed by atoms with Crippen LogP contribution >= 0.6 is 0 Å². The predicted molar refractivity (Wildman–Crippen MR) is 24.6 cm³/mol. The Kier molecular flexibility index (Phi) is 2.37. The summed E-state index contributed by atoms with van der Waals surface area (Å²) >= 11 is 0. The van der Waals surface area contributed by atoms with Crippen LogP contribution in [0.15, 0.2) is 0 Å². The van der Waals surface area contributed by atoms with Gasteiger partial charge < -0.3 is 4.74 Å². The predicted octanol–water partition coefficient (Wildman–Crippen LogP) is -0.169. The van der Waals surface area contributed by atoms with Crippen molar-refractivity contribution < 1.29 is 9.53 Å². The van der Waals surface area contributed by atoms with Gasteiger partial charge in [-0.1, -0.05) is 0 Å². The quantitative estimate of drug-likeness (QED) is 0.431. The smallest absolute Gasteiger partial charge is 0.323 e. The van der Waals surface area contributed by atoms with Crippen molar-refractivity contribution in [1.82, 2.24) is 5.73 Å². The summed E-state index contributed by atoms with van der Waals surface area (Å²) < 4.78 is 4.19. The molecule has 0 bridgehead atoms. The van der Waals surface area contributed by atoms with Gasteiger partial charge in [-0.2, -0.15) is 0 Å². The second-order valence-electron chi connectivity index (χ2n) is 1.24. The lowest BCUT2D eigenvalue weighted by molar-refractivity contribution is -0.141. The second-order valence-corrected chi connectivity index (χ2v) is 1.24. The van der Waals surface area contributed by atoms with Gasteiger partial charge in [-0.3, -0.25) is 4.79 Å². The van der Waals surface area contributed by atoms with Gasteiger partial charge in [0.25, 0.3) is 0 Å². The van der Waals surface area contributed by atoms with Crippen molar-refractivity contribution in [1.29, 1.82) is 0 Å². The van der Waals surface area contributed by atoms with E-state index in [1.807, 2.05) is 0 Å². The number of hydrogen-bond donors (Lipinski definition) is 0. The molecule has 0 aliphatic carbocycles. The molecule has 0 rings (SSSR count). The van der Waals surface area contributed by atoms with Crippen molar-refractivity contribution in [2.75, 3.05) is 7.11 Å². The van der Waals surface area contributed by atoms with Crippen LogP contribution in [-0.4, -0.2) is 19.1 Å². The number of nitrogens with one attached hydrogen (secondary N) is 1. The minimum atomic E-state index is -0.745. The molecule has 7 heavy (non-hydrogen) atoms. The highest BCUT2D eigenvalue weighted by Gasteiger charge is 2.04. The average molecular weight is 102 g/mol. The highest BCUT2D eigenvalue weighted by molar-refractivity contribution is 5.74. The van der Waals surface area contributed by atoms with Crippen LogP contribution in [-0.2, 0) is 9.53 Å². The monoisotopic (exact) mass is 102 g/mol. The second kappa shape index (κ2) is 2.58. The van der Waals surface area contributed by atoms with Crippen molar-refractivity contribution in [2.45, 2.75) is 13.0 Å². The van der Waals surface area contributed by atoms with E-state index in [0.29, 0.717) is 0 Å². The number of hydrogen-bond acceptors (Lipinski definition) is 2. The van der Waals surface area contributed by atoms with E-state index < -0.39 is 12.0 Å². The van der Waals surface area contributed by atoms with Gasteiger partial charge in [-0.25, -0.2) is 5.73 Å². The molecule has 0 aliphatic rings. The molecule has 3 heteroatoms. The molecular formula is C4H8NO2. The number of carbonyl (C=O) groups excluding carboxylic acids is 1. The molecule has 0 aromatic rings. The molecule has 0 aromatic heterocycles. The summed E-state index contributed by atoms with van der Waals surface area (Å²) in [5.74, 6) is -0.486. The molecule has 0 heterocycles. The highest BCUT2D eigenvalue weighted by atomic mass is 16.5. The molecule has 0 amide bonds. The number of esters is 1. The molecule has 0 fully saturated rings. The Balaban J connectivity index is 3.35. The third kappa shape index (κ3) is 2.17. The maximum atomic E-state index is 10.1. The molecule has 0 aliphatic heterocycles. The minimum absolute atomic E-state index is 0.486. The van der Waals surface area contributed by atoms with E-state index in [9.17, 15) is 4.79 Å². The first kappa shape index (κ1) is 6.43. The zero-order chi connectivity index (χ0) is 5.86. The number of carbonyl (C=O) groups is 1. The number of rotatable bonds is 1. The standard InChI is InChI=1S/C4H8NO2/c1-3(5)4(6)7-2/h3,5H,1-2H3/t3-/m0/s1. The highest BCUT2D eigenvalue weighted by Crippen LogP contribution is 1.79. The third-order valence-electron chi connectivity index (χ3n) is 0.555. The summed E-state index contributed by atoms with van der Waals surface area (Å²) in [4.78, 5) is 10.1. The summed E-state index contributed by atoms with van der Waals surface area (Å²) in [6.45, 7) is 1.46. The van der Waals surface area contributed by atoms with Gasteiger partial charge in [0.1, 0.15) is 6.04 Å². The fraction of sp³-hybridized carbons (Fsp3) is 0.750. The maximum Gasteiger partial charge on any atom is 0.323 e. The first-order valence-electron chi connectivity index (χ1n) is 1.97. The van der Waals surface area contributed by atoms with Crippen molar-refractivity contribution in [3.63, 3.8) is 0 Å². The molecule has 0 spiro atoms. The fourth-order valence-corrected chi connectivity index (χ4v) is 0.177. The van der Waals surface area contributed by atoms with Crippen LogP contribution in [0.1, 0.15) is 6.92 Å². The zero-order valence-corrected chi connectivity index (χ0v) is 4.39. The van der Waals surface area contributed by atoms with Gasteiger partial charge in [-0.15, -0.1) is 0 Å². The Labute approximate surface area is 42.4 Å². The Morgan fingerprint density at radius 3 is 2.29 bits per heavy atom. The van der Waals surface area contributed by atoms with Crippen LogP contribution in [0.2, 0.25) is 0 Å². The van der Waals surface area contributed by atoms with Crippen LogP contribution in [0, 0.1) is 0 Å². The van der Waals surface area contributed by atoms with Crippen LogP contribution in [0.25, 0.3) is 0 Å². The summed E-state index contributed by atoms with van der Waals surface area (Å²) in [5.41, 5.74) is 6.71.